The molecule has 150 heavy (non-hydrogen) atoms. The highest BCUT2D eigenvalue weighted by Gasteiger charge is 2.75. The van der Waals surface area contributed by atoms with Gasteiger partial charge >= 0.3 is 17.9 Å². The number of esters is 3. The SMILES string of the molecule is C=C[C@@](C)(O)CC/C=C(\CO)C(=O)O[C@@H]1CO[C@@H](O[C@](C)(C=C)CC/C=C(\C)C(=O)O[C@H]2C[C@]3(C(=O)O[C@@H]4O[C@H](CO)[C@@H](O)[C@H](O)[C@H]4O[C@@H]4O[C@@H](C)[C@H](O[C@@H]5O[C@@H](CO)[C@H](O)[C@H]5O)[C@@H](O[C@@H]5O[C@H](CO)[C@@H](O)[C@H](O)[C@H]5O)[C@H]4O)[C@H](O)C[C@]4(C)C(=CC[C@@H]5[C@@]6(C)CC[C@H](O[C@@H]7O[C@H](CO[C@@H]8OC[C@H](O)[C@H](O)[C@H]8O[C@@H]8OC[C@H](O)[C@H](O)[C@H]8O)[C@@H](O)[C@H](O)[C@H]7O[C@@H]7O[C@H](CO)[C@@H](O)[C@H](O)[C@H]7O)C(C)(C)C6CC[C@]54C)[C@@H]3CC2(C)C)[C@H](O)[C@H]1O. The van der Waals surface area contributed by atoms with Crippen LogP contribution in [0.25, 0.3) is 0 Å². The molecule has 9 aliphatic heterocycles. The first-order valence-electron chi connectivity index (χ1n) is 51.5. The lowest BCUT2D eigenvalue weighted by Gasteiger charge is -2.72. The summed E-state index contributed by atoms with van der Waals surface area (Å²) in [6.07, 6.45) is -70.6. The van der Waals surface area contributed by atoms with E-state index >= 15 is 9.59 Å². The normalized spacial score (nSPS) is 48.7. The molecule has 0 aromatic carbocycles. The number of rotatable bonds is 36. The molecular weight excluding hydrogens is 2000 g/mol. The summed E-state index contributed by atoms with van der Waals surface area (Å²) in [5.74, 6) is -4.80. The first-order chi connectivity index (χ1) is 70.4. The standard InChI is InChI=1S/C100H158O50/c1-14-95(9,130)24-17-19-42(31-101)82(128)136-51-38-133-84(71(122)65(51)116)150-96(10,15-2)25-16-18-40(3)81(127)142-57-30-100(92(129)149-91-80(68(119)62(113)49(34-104)140-91)148-88-75(126)77(145-86-73(124)66(117)60(111)47(32-102)137-86)76(41(4)135-88)144-85-72(123)63(114)50(35-105)139-85)44(28-93(57,5)6)43-20-21-54-97(11)26-23-56(94(7,8)53(97)22-27-98(54,12)99(43,13)29-55(100)108)143-90-79(147-87-74(125)67(118)61(112)48(33-103)138-87)69(120)64(115)52(141-90)39-134-89-78(59(110)46(107)37-132-89)146-83-70(121)58(109)45(106)36-131-83/h14-15,18-20,41,44-80,83-91,101-126,130H,1-2,16-17,21-39H2,3-13H3/b40-18+,42-19+/t41-,44-,45-,46-,47+,48+,49+,50-,51+,52+,53?,54+,55+,56-,57-,58-,59-,60+,61+,62+,63-,64+,65-,66-,67-,68-,69-,70+,71+,72+,73+,74+,75+,76-,77-,78+,79+,80+,83-,84-,85-,86-,87-,88-,89-,90-,91-,95+,96+,97-,98+,99+,100+/m0/s1. The second-order valence-corrected chi connectivity index (χ2v) is 45.3. The number of aliphatic hydroxyl groups is 27. The number of carbonyl (C=O) groups is 3. The summed E-state index contributed by atoms with van der Waals surface area (Å²) >= 11 is 0. The van der Waals surface area contributed by atoms with Gasteiger partial charge in [-0.05, 0) is 138 Å². The van der Waals surface area contributed by atoms with Gasteiger partial charge in [-0.25, -0.2) is 9.59 Å². The molecule has 50 nitrogen and oxygen atoms in total. The Balaban J connectivity index is 0.752. The minimum Gasteiger partial charge on any atom is -0.458 e. The third-order valence-corrected chi connectivity index (χ3v) is 34.9. The fourth-order valence-electron chi connectivity index (χ4n) is 25.2. The molecule has 9 saturated heterocycles. The van der Waals surface area contributed by atoms with Gasteiger partial charge in [-0.2, -0.15) is 0 Å². The Bertz CT molecular complexity index is 4600. The lowest BCUT2D eigenvalue weighted by atomic mass is 9.33. The fraction of sp³-hybridized carbons (Fsp3) is 0.870. The van der Waals surface area contributed by atoms with Crippen molar-refractivity contribution in [3.05, 3.63) is 60.3 Å². The van der Waals surface area contributed by atoms with Crippen molar-refractivity contribution in [1.82, 2.24) is 0 Å². The molecule has 0 aromatic rings. The highest BCUT2D eigenvalue weighted by Crippen LogP contribution is 2.77. The summed E-state index contributed by atoms with van der Waals surface area (Å²) in [5, 5.41) is 302. The molecule has 53 atom stereocenters. The van der Waals surface area contributed by atoms with Gasteiger partial charge in [-0.15, -0.1) is 13.2 Å². The Labute approximate surface area is 866 Å². The van der Waals surface area contributed by atoms with Gasteiger partial charge in [-0.3, -0.25) is 4.79 Å². The van der Waals surface area contributed by atoms with E-state index in [0.29, 0.717) is 31.3 Å². The molecule has 5 aliphatic carbocycles. The van der Waals surface area contributed by atoms with Crippen molar-refractivity contribution in [3.63, 3.8) is 0 Å². The second-order valence-electron chi connectivity index (χ2n) is 45.3. The predicted octanol–water partition coefficient (Wildman–Crippen LogP) is -7.99. The van der Waals surface area contributed by atoms with E-state index in [1.807, 2.05) is 34.6 Å². The lowest BCUT2D eigenvalue weighted by Crippen LogP contribution is -2.70. The van der Waals surface area contributed by atoms with E-state index in [-0.39, 0.29) is 67.9 Å². The van der Waals surface area contributed by atoms with Crippen molar-refractivity contribution in [2.45, 2.75) is 435 Å². The minimum absolute atomic E-state index is 0.0307. The first-order valence-corrected chi connectivity index (χ1v) is 51.5. The maximum atomic E-state index is 16.9. The van der Waals surface area contributed by atoms with Crippen LogP contribution in [0.3, 0.4) is 0 Å². The van der Waals surface area contributed by atoms with Gasteiger partial charge in [0.25, 0.3) is 0 Å². The van der Waals surface area contributed by atoms with Gasteiger partial charge < -0.3 is 233 Å². The van der Waals surface area contributed by atoms with Gasteiger partial charge in [0.1, 0.15) is 189 Å². The summed E-state index contributed by atoms with van der Waals surface area (Å²) < 4.78 is 122. The van der Waals surface area contributed by atoms with Gasteiger partial charge in [0, 0.05) is 17.4 Å². The zero-order valence-electron chi connectivity index (χ0n) is 85.8. The number of allylic oxidation sites excluding steroid dienone is 4. The zero-order chi connectivity index (χ0) is 110. The highest BCUT2D eigenvalue weighted by atomic mass is 16.8. The second kappa shape index (κ2) is 48.1. The van der Waals surface area contributed by atoms with E-state index in [1.165, 1.54) is 45.1 Å². The van der Waals surface area contributed by atoms with Gasteiger partial charge in [0.15, 0.2) is 62.5 Å². The molecule has 50 heteroatoms. The monoisotopic (exact) mass is 2160 g/mol. The summed E-state index contributed by atoms with van der Waals surface area (Å²) in [4.78, 5) is 45.2. The summed E-state index contributed by atoms with van der Waals surface area (Å²) in [7, 11) is 0. The molecule has 9 heterocycles. The van der Waals surface area contributed by atoms with Crippen molar-refractivity contribution < 1.29 is 247 Å². The maximum absolute atomic E-state index is 16.9. The van der Waals surface area contributed by atoms with Crippen LogP contribution in [0.2, 0.25) is 0 Å². The van der Waals surface area contributed by atoms with Crippen LogP contribution in [0.15, 0.2) is 60.3 Å². The molecule has 14 rings (SSSR count). The van der Waals surface area contributed by atoms with Crippen LogP contribution in [0.4, 0.5) is 0 Å². The Kier molecular flexibility index (Phi) is 38.7. The molecule has 13 fully saturated rings. The molecule has 0 bridgehead atoms. The molecular formula is C100H158O50. The van der Waals surface area contributed by atoms with E-state index in [4.69, 9.17) is 94.7 Å². The van der Waals surface area contributed by atoms with Crippen LogP contribution >= 0.6 is 0 Å². The average molecular weight is 2160 g/mol. The number of fused-ring (bicyclic) bond motifs is 7. The van der Waals surface area contributed by atoms with E-state index < -0.39 is 404 Å². The van der Waals surface area contributed by atoms with Crippen molar-refractivity contribution in [3.8, 4) is 0 Å². The summed E-state index contributed by atoms with van der Waals surface area (Å²) in [5.41, 5.74) is -8.94. The van der Waals surface area contributed by atoms with E-state index in [1.54, 1.807) is 6.92 Å². The highest BCUT2D eigenvalue weighted by molar-refractivity contribution is 5.89. The first kappa shape index (κ1) is 121. The van der Waals surface area contributed by atoms with Crippen LogP contribution in [-0.2, 0) is 109 Å². The quantitative estimate of drug-likeness (QED) is 0.00911. The molecule has 27 N–H and O–H groups in total. The minimum atomic E-state index is -2.30. The Morgan fingerprint density at radius 2 is 0.933 bits per heavy atom. The van der Waals surface area contributed by atoms with E-state index in [0.717, 1.165) is 0 Å². The zero-order valence-corrected chi connectivity index (χ0v) is 85.8. The fourth-order valence-corrected chi connectivity index (χ4v) is 25.2. The Morgan fingerprint density at radius 3 is 1.51 bits per heavy atom. The number of carbonyl (C=O) groups excluding carboxylic acids is 3. The van der Waals surface area contributed by atoms with Gasteiger partial charge in [0.2, 0.25) is 6.29 Å². The smallest absolute Gasteiger partial charge is 0.336 e. The molecule has 858 valence electrons. The molecule has 0 radical (unpaired) electrons. The van der Waals surface area contributed by atoms with Crippen LogP contribution < -0.4 is 0 Å². The number of ether oxygens (including phenoxy) is 20. The molecule has 0 spiro atoms. The van der Waals surface area contributed by atoms with Crippen molar-refractivity contribution in [2.75, 3.05) is 59.5 Å². The van der Waals surface area contributed by atoms with Gasteiger partial charge in [-0.1, -0.05) is 84.4 Å². The predicted molar refractivity (Wildman–Crippen MR) is 500 cm³/mol. The molecule has 0 amide bonds. The summed E-state index contributed by atoms with van der Waals surface area (Å²) in [6.45, 7) is 20.6. The Morgan fingerprint density at radius 1 is 0.447 bits per heavy atom. The molecule has 1 unspecified atom stereocenters. The molecule has 4 saturated carbocycles. The Hall–Kier alpha value is -4.65. The van der Waals surface area contributed by atoms with E-state index in [2.05, 4.69) is 33.1 Å². The van der Waals surface area contributed by atoms with Crippen LogP contribution in [0.1, 0.15) is 153 Å². The van der Waals surface area contributed by atoms with Crippen molar-refractivity contribution >= 4 is 17.9 Å². The number of hydrogen-bond acceptors (Lipinski definition) is 50. The third-order valence-electron chi connectivity index (χ3n) is 34.9. The van der Waals surface area contributed by atoms with E-state index in [9.17, 15) is 143 Å². The van der Waals surface area contributed by atoms with Gasteiger partial charge in [0.05, 0.1) is 94.5 Å². The van der Waals surface area contributed by atoms with Crippen LogP contribution in [0, 0.1) is 50.2 Å². The topological polar surface area (TPSA) is 782 Å². The average Bonchev–Trinajstić information content (AvgIpc) is 0.719. The molecule has 0 aromatic heterocycles. The summed E-state index contributed by atoms with van der Waals surface area (Å²) in [6, 6.07) is 0. The van der Waals surface area contributed by atoms with Crippen molar-refractivity contribution in [2.24, 2.45) is 50.2 Å². The largest absolute Gasteiger partial charge is 0.458 e. The molecule has 14 aliphatic rings. The number of hydrogen-bond donors (Lipinski definition) is 27. The third kappa shape index (κ3) is 23.5. The number of aliphatic hydroxyl groups excluding tert-OH is 26. The maximum Gasteiger partial charge on any atom is 0.336 e. The van der Waals surface area contributed by atoms with Crippen LogP contribution in [-0.4, -0.2) is 497 Å². The lowest BCUT2D eigenvalue weighted by molar-refractivity contribution is -0.390. The van der Waals surface area contributed by atoms with Crippen LogP contribution in [0.5, 0.6) is 0 Å². The van der Waals surface area contributed by atoms with Crippen molar-refractivity contribution in [1.29, 1.82) is 0 Å².